The molecule has 2 rings (SSSR count). The topological polar surface area (TPSA) is 21.3 Å². The molecule has 1 fully saturated rings. The van der Waals surface area contributed by atoms with Gasteiger partial charge in [-0.05, 0) is 31.9 Å². The number of halogens is 1. The molecule has 2 atom stereocenters. The van der Waals surface area contributed by atoms with Gasteiger partial charge in [0.1, 0.15) is 5.67 Å². The quantitative estimate of drug-likeness (QED) is 0.892. The van der Waals surface area contributed by atoms with E-state index in [0.29, 0.717) is 13.0 Å². The number of hydrogen-bond acceptors (Lipinski definition) is 2. The molecular formula is C15H22FNO. The molecule has 100 valence electrons. The van der Waals surface area contributed by atoms with Crippen molar-refractivity contribution in [3.05, 3.63) is 34.9 Å². The Morgan fingerprint density at radius 1 is 1.44 bits per heavy atom. The monoisotopic (exact) mass is 251 g/mol. The smallest absolute Gasteiger partial charge is 0.135 e. The van der Waals surface area contributed by atoms with E-state index in [1.165, 1.54) is 5.56 Å². The third kappa shape index (κ3) is 3.09. The number of benzene rings is 1. The van der Waals surface area contributed by atoms with E-state index in [4.69, 9.17) is 4.74 Å². The van der Waals surface area contributed by atoms with Gasteiger partial charge in [0.2, 0.25) is 0 Å². The Hall–Kier alpha value is -0.930. The molecule has 18 heavy (non-hydrogen) atoms. The first-order chi connectivity index (χ1) is 8.49. The zero-order valence-electron chi connectivity index (χ0n) is 11.4. The summed E-state index contributed by atoms with van der Waals surface area (Å²) >= 11 is 0. The number of rotatable bonds is 3. The number of nitrogens with one attached hydrogen (secondary N) is 1. The minimum Gasteiger partial charge on any atom is -0.379 e. The molecule has 2 unspecified atom stereocenters. The Balaban J connectivity index is 2.13. The normalized spacial score (nSPS) is 23.7. The summed E-state index contributed by atoms with van der Waals surface area (Å²) in [5, 5.41) is 3.31. The first-order valence-corrected chi connectivity index (χ1v) is 6.57. The molecule has 0 aliphatic carbocycles. The fourth-order valence-corrected chi connectivity index (χ4v) is 2.72. The number of aryl methyl sites for hydroxylation is 2. The van der Waals surface area contributed by atoms with Crippen molar-refractivity contribution < 1.29 is 9.13 Å². The Morgan fingerprint density at radius 3 is 2.83 bits per heavy atom. The SMILES string of the molecule is Cc1ccc(C(C)(F)CC2COCCN2)c(C)c1. The molecule has 0 bridgehead atoms. The van der Waals surface area contributed by atoms with Crippen LogP contribution in [0.15, 0.2) is 18.2 Å². The molecule has 0 spiro atoms. The Labute approximate surface area is 109 Å². The van der Waals surface area contributed by atoms with Crippen LogP contribution in [0.2, 0.25) is 0 Å². The maximum atomic E-state index is 14.9. The predicted octanol–water partition coefficient (Wildman–Crippen LogP) is 2.87. The van der Waals surface area contributed by atoms with Gasteiger partial charge in [0.05, 0.1) is 13.2 Å². The van der Waals surface area contributed by atoms with Gasteiger partial charge < -0.3 is 10.1 Å². The second kappa shape index (κ2) is 5.37. The molecule has 0 radical (unpaired) electrons. The van der Waals surface area contributed by atoms with Crippen LogP contribution >= 0.6 is 0 Å². The highest BCUT2D eigenvalue weighted by molar-refractivity contribution is 5.34. The first-order valence-electron chi connectivity index (χ1n) is 6.57. The second-order valence-electron chi connectivity index (χ2n) is 5.45. The van der Waals surface area contributed by atoms with Crippen LogP contribution in [0.4, 0.5) is 4.39 Å². The van der Waals surface area contributed by atoms with Crippen molar-refractivity contribution in [1.29, 1.82) is 0 Å². The van der Waals surface area contributed by atoms with E-state index in [0.717, 1.165) is 24.3 Å². The van der Waals surface area contributed by atoms with E-state index in [9.17, 15) is 4.39 Å². The Kier molecular flexibility index (Phi) is 4.03. The van der Waals surface area contributed by atoms with Crippen molar-refractivity contribution in [3.63, 3.8) is 0 Å². The minimum absolute atomic E-state index is 0.106. The summed E-state index contributed by atoms with van der Waals surface area (Å²) in [6.07, 6.45) is 0.455. The molecule has 2 nitrogen and oxygen atoms in total. The minimum atomic E-state index is -1.31. The van der Waals surface area contributed by atoms with E-state index in [1.807, 2.05) is 32.0 Å². The van der Waals surface area contributed by atoms with Gasteiger partial charge in [-0.15, -0.1) is 0 Å². The van der Waals surface area contributed by atoms with Crippen LogP contribution < -0.4 is 5.32 Å². The summed E-state index contributed by atoms with van der Waals surface area (Å²) < 4.78 is 20.3. The second-order valence-corrected chi connectivity index (χ2v) is 5.45. The zero-order valence-corrected chi connectivity index (χ0v) is 11.4. The molecule has 0 saturated carbocycles. The van der Waals surface area contributed by atoms with Crippen LogP contribution in [0.3, 0.4) is 0 Å². The van der Waals surface area contributed by atoms with Gasteiger partial charge >= 0.3 is 0 Å². The number of alkyl halides is 1. The van der Waals surface area contributed by atoms with Crippen LogP contribution in [0.25, 0.3) is 0 Å². The molecule has 1 saturated heterocycles. The lowest BCUT2D eigenvalue weighted by Crippen LogP contribution is -2.44. The van der Waals surface area contributed by atoms with Crippen molar-refractivity contribution in [1.82, 2.24) is 5.32 Å². The highest BCUT2D eigenvalue weighted by atomic mass is 19.1. The largest absolute Gasteiger partial charge is 0.379 e. The van der Waals surface area contributed by atoms with Gasteiger partial charge in [0, 0.05) is 19.0 Å². The number of ether oxygens (including phenoxy) is 1. The van der Waals surface area contributed by atoms with Gasteiger partial charge in [-0.25, -0.2) is 4.39 Å². The molecule has 3 heteroatoms. The molecule has 1 aromatic carbocycles. The summed E-state index contributed by atoms with van der Waals surface area (Å²) in [5.74, 6) is 0. The third-order valence-corrected chi connectivity index (χ3v) is 3.57. The molecule has 1 N–H and O–H groups in total. The Morgan fingerprint density at radius 2 is 2.22 bits per heavy atom. The average molecular weight is 251 g/mol. The van der Waals surface area contributed by atoms with Gasteiger partial charge in [0.25, 0.3) is 0 Å². The van der Waals surface area contributed by atoms with Crippen molar-refractivity contribution >= 4 is 0 Å². The van der Waals surface area contributed by atoms with E-state index in [1.54, 1.807) is 6.92 Å². The van der Waals surface area contributed by atoms with Gasteiger partial charge in [0.15, 0.2) is 0 Å². The average Bonchev–Trinajstić information content (AvgIpc) is 2.29. The standard InChI is InChI=1S/C15H22FNO/c1-11-4-5-14(12(2)8-11)15(3,16)9-13-10-18-7-6-17-13/h4-5,8,13,17H,6-7,9-10H2,1-3H3. The molecule has 1 heterocycles. The maximum Gasteiger partial charge on any atom is 0.135 e. The van der Waals surface area contributed by atoms with E-state index in [2.05, 4.69) is 5.32 Å². The van der Waals surface area contributed by atoms with E-state index < -0.39 is 5.67 Å². The van der Waals surface area contributed by atoms with E-state index >= 15 is 0 Å². The summed E-state index contributed by atoms with van der Waals surface area (Å²) in [4.78, 5) is 0. The fourth-order valence-electron chi connectivity index (χ4n) is 2.72. The highest BCUT2D eigenvalue weighted by Gasteiger charge is 2.31. The van der Waals surface area contributed by atoms with Crippen LogP contribution in [0.5, 0.6) is 0 Å². The maximum absolute atomic E-state index is 14.9. The van der Waals surface area contributed by atoms with Crippen LogP contribution in [0.1, 0.15) is 30.0 Å². The van der Waals surface area contributed by atoms with Crippen LogP contribution in [0, 0.1) is 13.8 Å². The summed E-state index contributed by atoms with van der Waals surface area (Å²) in [6.45, 7) is 7.82. The van der Waals surface area contributed by atoms with Crippen molar-refractivity contribution in [2.24, 2.45) is 0 Å². The summed E-state index contributed by atoms with van der Waals surface area (Å²) in [5.41, 5.74) is 1.68. The van der Waals surface area contributed by atoms with Gasteiger partial charge in [-0.3, -0.25) is 0 Å². The van der Waals surface area contributed by atoms with Crippen molar-refractivity contribution in [2.75, 3.05) is 19.8 Å². The predicted molar refractivity (Wildman–Crippen MR) is 71.6 cm³/mol. The zero-order chi connectivity index (χ0) is 13.2. The molecular weight excluding hydrogens is 229 g/mol. The molecule has 0 aromatic heterocycles. The summed E-state index contributed by atoms with van der Waals surface area (Å²) in [7, 11) is 0. The van der Waals surface area contributed by atoms with Crippen molar-refractivity contribution in [3.8, 4) is 0 Å². The lowest BCUT2D eigenvalue weighted by molar-refractivity contribution is 0.0473. The highest BCUT2D eigenvalue weighted by Crippen LogP contribution is 2.33. The van der Waals surface area contributed by atoms with Crippen molar-refractivity contribution in [2.45, 2.75) is 38.9 Å². The number of morpholine rings is 1. The third-order valence-electron chi connectivity index (χ3n) is 3.57. The van der Waals surface area contributed by atoms with Crippen LogP contribution in [-0.2, 0) is 10.4 Å². The van der Waals surface area contributed by atoms with Gasteiger partial charge in [-0.2, -0.15) is 0 Å². The lowest BCUT2D eigenvalue weighted by atomic mass is 9.87. The lowest BCUT2D eigenvalue weighted by Gasteiger charge is -2.31. The molecule has 0 amide bonds. The Bertz CT molecular complexity index is 411. The molecule has 1 aromatic rings. The van der Waals surface area contributed by atoms with Gasteiger partial charge in [-0.1, -0.05) is 23.8 Å². The fraction of sp³-hybridized carbons (Fsp3) is 0.600. The molecule has 1 aliphatic heterocycles. The van der Waals surface area contributed by atoms with Crippen LogP contribution in [-0.4, -0.2) is 25.8 Å². The summed E-state index contributed by atoms with van der Waals surface area (Å²) in [6, 6.07) is 6.03. The number of hydrogen-bond donors (Lipinski definition) is 1. The van der Waals surface area contributed by atoms with E-state index in [-0.39, 0.29) is 6.04 Å². The molecule has 1 aliphatic rings. The first kappa shape index (κ1) is 13.5.